The number of nitrogens with one attached hydrogen (secondary N) is 2. The maximum absolute atomic E-state index is 12.3. The molecule has 42 heavy (non-hydrogen) atoms. The molecule has 11 nitrogen and oxygen atoms in total. The predicted molar refractivity (Wildman–Crippen MR) is 163 cm³/mol. The number of amides is 1. The number of benzene rings is 2. The van der Waals surface area contributed by atoms with Crippen molar-refractivity contribution in [1.82, 2.24) is 34.1 Å². The molecule has 0 radical (unpaired) electrons. The molecular formula is C30H26ClN9O2. The van der Waals surface area contributed by atoms with Crippen LogP contribution in [0.1, 0.15) is 0 Å². The third-order valence-electron chi connectivity index (χ3n) is 6.28. The Labute approximate surface area is 246 Å². The monoisotopic (exact) mass is 579 g/mol. The van der Waals surface area contributed by atoms with Crippen molar-refractivity contribution in [2.45, 2.75) is 0 Å². The maximum atomic E-state index is 12.3. The van der Waals surface area contributed by atoms with Gasteiger partial charge in [0.05, 0.1) is 5.02 Å². The lowest BCUT2D eigenvalue weighted by Crippen LogP contribution is -2.12. The van der Waals surface area contributed by atoms with Gasteiger partial charge in [-0.25, -0.2) is 19.0 Å². The Hall–Kier alpha value is -5.26. The molecule has 0 aliphatic rings. The highest BCUT2D eigenvalue weighted by Gasteiger charge is 2.12. The molecule has 0 bridgehead atoms. The van der Waals surface area contributed by atoms with E-state index in [1.807, 2.05) is 67.7 Å². The molecule has 0 saturated heterocycles. The number of aromatic nitrogens is 6. The molecule has 0 aliphatic heterocycles. The first-order valence-corrected chi connectivity index (χ1v) is 13.4. The average molecular weight is 580 g/mol. The molecule has 12 heteroatoms. The quantitative estimate of drug-likeness (QED) is 0.210. The van der Waals surface area contributed by atoms with Crippen LogP contribution in [0.3, 0.4) is 0 Å². The van der Waals surface area contributed by atoms with Crippen LogP contribution in [0.2, 0.25) is 5.02 Å². The molecule has 0 atom stereocenters. The smallest absolute Gasteiger partial charge is 0.248 e. The lowest BCUT2D eigenvalue weighted by molar-refractivity contribution is -0.111. The van der Waals surface area contributed by atoms with E-state index in [0.29, 0.717) is 40.2 Å². The predicted octanol–water partition coefficient (Wildman–Crippen LogP) is 5.68. The summed E-state index contributed by atoms with van der Waals surface area (Å²) >= 11 is 6.57. The zero-order chi connectivity index (χ0) is 29.1. The Morgan fingerprint density at radius 2 is 1.83 bits per heavy atom. The van der Waals surface area contributed by atoms with E-state index in [1.54, 1.807) is 39.5 Å². The van der Waals surface area contributed by atoms with Crippen molar-refractivity contribution in [3.05, 3.63) is 103 Å². The van der Waals surface area contributed by atoms with Crippen LogP contribution in [-0.2, 0) is 4.79 Å². The summed E-state index contributed by atoms with van der Waals surface area (Å²) in [4.78, 5) is 22.9. The van der Waals surface area contributed by atoms with E-state index < -0.39 is 0 Å². The van der Waals surface area contributed by atoms with Crippen LogP contribution >= 0.6 is 11.6 Å². The lowest BCUT2D eigenvalue weighted by Gasteiger charge is -2.11. The number of carbonyl (C=O) groups is 1. The minimum Gasteiger partial charge on any atom is -0.456 e. The summed E-state index contributed by atoms with van der Waals surface area (Å²) in [5, 5.41) is 15.1. The molecule has 2 aromatic carbocycles. The number of likely N-dealkylation sites (N-methyl/N-ethyl adjacent to an activating group) is 1. The van der Waals surface area contributed by atoms with E-state index >= 15 is 0 Å². The second kappa shape index (κ2) is 11.7. The third-order valence-corrected chi connectivity index (χ3v) is 6.58. The molecule has 4 aromatic heterocycles. The third kappa shape index (κ3) is 6.07. The van der Waals surface area contributed by atoms with Gasteiger partial charge in [-0.05, 0) is 62.1 Å². The van der Waals surface area contributed by atoms with E-state index in [0.717, 1.165) is 22.3 Å². The first-order valence-electron chi connectivity index (χ1n) is 13.0. The highest BCUT2D eigenvalue weighted by molar-refractivity contribution is 6.32. The number of carbonyl (C=O) groups excluding carboxylic acids is 1. The van der Waals surface area contributed by atoms with Crippen molar-refractivity contribution < 1.29 is 9.53 Å². The Morgan fingerprint density at radius 3 is 2.69 bits per heavy atom. The minimum absolute atomic E-state index is 0.181. The SMILES string of the molecule is CN(C)C/C=C/C(=O)Nc1cccc(-c2cc3c(Nc4ccc(Oc5ccn6ncnc6c5)c(Cl)c4)ncnn3c2)c1. The van der Waals surface area contributed by atoms with Crippen molar-refractivity contribution in [3.63, 3.8) is 0 Å². The van der Waals surface area contributed by atoms with Crippen molar-refractivity contribution in [1.29, 1.82) is 0 Å². The topological polar surface area (TPSA) is 114 Å². The zero-order valence-corrected chi connectivity index (χ0v) is 23.5. The van der Waals surface area contributed by atoms with Crippen molar-refractivity contribution in [3.8, 4) is 22.6 Å². The second-order valence-electron chi connectivity index (χ2n) is 9.70. The number of pyridine rings is 1. The average Bonchev–Trinajstić information content (AvgIpc) is 3.62. The molecule has 2 N–H and O–H groups in total. The number of rotatable bonds is 9. The number of nitrogens with zero attached hydrogens (tertiary/aromatic N) is 7. The molecule has 6 rings (SSSR count). The second-order valence-corrected chi connectivity index (χ2v) is 10.1. The highest BCUT2D eigenvalue weighted by Crippen LogP contribution is 2.34. The van der Waals surface area contributed by atoms with Crippen molar-refractivity contribution in [2.24, 2.45) is 0 Å². The van der Waals surface area contributed by atoms with Gasteiger partial charge in [-0.3, -0.25) is 4.79 Å². The van der Waals surface area contributed by atoms with Gasteiger partial charge in [-0.1, -0.05) is 29.8 Å². The van der Waals surface area contributed by atoms with E-state index in [1.165, 1.54) is 18.7 Å². The molecule has 0 spiro atoms. The van der Waals surface area contributed by atoms with Gasteiger partial charge < -0.3 is 20.3 Å². The van der Waals surface area contributed by atoms with Crippen LogP contribution in [0.4, 0.5) is 17.2 Å². The summed E-state index contributed by atoms with van der Waals surface area (Å²) in [6.45, 7) is 0.688. The van der Waals surface area contributed by atoms with E-state index in [4.69, 9.17) is 16.3 Å². The molecule has 0 aliphatic carbocycles. The molecule has 210 valence electrons. The van der Waals surface area contributed by atoms with Crippen molar-refractivity contribution >= 4 is 45.9 Å². The standard InChI is InChI=1S/C30H26ClN9O2/c1-38(2)11-4-7-29(41)36-22-6-3-5-20(13-22)21-14-26-30(33-19-35-40(26)17-21)37-23-8-9-27(25(31)15-23)42-24-10-12-39-28(16-24)32-18-34-39/h3-10,12-19H,11H2,1-2H3,(H,36,41)(H,33,35,37)/b7-4+. The number of hydrogen-bond donors (Lipinski definition) is 2. The molecular weight excluding hydrogens is 554 g/mol. The highest BCUT2D eigenvalue weighted by atomic mass is 35.5. The summed E-state index contributed by atoms with van der Waals surface area (Å²) in [6, 6.07) is 18.6. The number of ether oxygens (including phenoxy) is 1. The molecule has 0 saturated carbocycles. The molecule has 1 amide bonds. The Morgan fingerprint density at radius 1 is 0.976 bits per heavy atom. The fraction of sp³-hybridized carbons (Fsp3) is 0.100. The first kappa shape index (κ1) is 26.9. The minimum atomic E-state index is -0.181. The fourth-order valence-electron chi connectivity index (χ4n) is 4.30. The Kier molecular flexibility index (Phi) is 7.50. The van der Waals surface area contributed by atoms with Gasteiger partial charge in [-0.15, -0.1) is 0 Å². The Bertz CT molecular complexity index is 1930. The largest absolute Gasteiger partial charge is 0.456 e. The van der Waals surface area contributed by atoms with Gasteiger partial charge in [0, 0.05) is 48.0 Å². The number of halogens is 1. The van der Waals surface area contributed by atoms with E-state index in [2.05, 4.69) is 30.8 Å². The van der Waals surface area contributed by atoms with Crippen LogP contribution in [0.5, 0.6) is 11.5 Å². The summed E-state index contributed by atoms with van der Waals surface area (Å²) in [5.41, 5.74) is 4.72. The van der Waals surface area contributed by atoms with E-state index in [9.17, 15) is 4.79 Å². The van der Waals surface area contributed by atoms with Crippen LogP contribution in [0, 0.1) is 0 Å². The van der Waals surface area contributed by atoms with Crippen molar-refractivity contribution in [2.75, 3.05) is 31.3 Å². The Balaban J connectivity index is 1.19. The maximum Gasteiger partial charge on any atom is 0.248 e. The molecule has 6 aromatic rings. The number of fused-ring (bicyclic) bond motifs is 2. The van der Waals surface area contributed by atoms with Gasteiger partial charge in [0.2, 0.25) is 5.91 Å². The van der Waals surface area contributed by atoms with Gasteiger partial charge in [0.25, 0.3) is 0 Å². The van der Waals surface area contributed by atoms with E-state index in [-0.39, 0.29) is 5.91 Å². The fourth-order valence-corrected chi connectivity index (χ4v) is 4.52. The number of anilines is 3. The lowest BCUT2D eigenvalue weighted by atomic mass is 10.1. The van der Waals surface area contributed by atoms with Crippen LogP contribution in [0.15, 0.2) is 97.9 Å². The summed E-state index contributed by atoms with van der Waals surface area (Å²) < 4.78 is 9.37. The van der Waals surface area contributed by atoms with Crippen LogP contribution < -0.4 is 15.4 Å². The first-order chi connectivity index (χ1) is 20.4. The molecule has 0 fully saturated rings. The van der Waals surface area contributed by atoms with Gasteiger partial charge in [-0.2, -0.15) is 10.2 Å². The van der Waals surface area contributed by atoms with Gasteiger partial charge >= 0.3 is 0 Å². The van der Waals surface area contributed by atoms with Crippen LogP contribution in [0.25, 0.3) is 22.3 Å². The van der Waals surface area contributed by atoms with Gasteiger partial charge in [0.15, 0.2) is 11.5 Å². The number of hydrogen-bond acceptors (Lipinski definition) is 8. The normalized spacial score (nSPS) is 11.5. The van der Waals surface area contributed by atoms with Crippen LogP contribution in [-0.4, -0.2) is 60.6 Å². The summed E-state index contributed by atoms with van der Waals surface area (Å²) in [5.74, 6) is 1.53. The summed E-state index contributed by atoms with van der Waals surface area (Å²) in [7, 11) is 3.89. The molecule has 4 heterocycles. The summed E-state index contributed by atoms with van der Waals surface area (Å²) in [6.07, 6.45) is 10.0. The molecule has 0 unspecified atom stereocenters. The zero-order valence-electron chi connectivity index (χ0n) is 22.8. The van der Waals surface area contributed by atoms with Gasteiger partial charge in [0.1, 0.15) is 29.7 Å².